The number of aromatic nitrogens is 4. The van der Waals surface area contributed by atoms with Gasteiger partial charge in [-0.15, -0.1) is 5.10 Å². The zero-order chi connectivity index (χ0) is 22.2. The summed E-state index contributed by atoms with van der Waals surface area (Å²) in [6.07, 6.45) is 8.22. The van der Waals surface area contributed by atoms with E-state index < -0.39 is 0 Å². The SMILES string of the molecule is Nc1ccc(-c2cccnc2)cc1NC(=O)CCc1cn(CCCc2ccccc2)nn1. The molecule has 162 valence electrons. The van der Waals surface area contributed by atoms with Gasteiger partial charge in [0.25, 0.3) is 0 Å². The van der Waals surface area contributed by atoms with Gasteiger partial charge >= 0.3 is 0 Å². The zero-order valence-corrected chi connectivity index (χ0v) is 17.8. The van der Waals surface area contributed by atoms with Gasteiger partial charge in [0, 0.05) is 43.5 Å². The number of anilines is 2. The highest BCUT2D eigenvalue weighted by Crippen LogP contribution is 2.27. The monoisotopic (exact) mass is 426 g/mol. The van der Waals surface area contributed by atoms with Crippen LogP contribution < -0.4 is 11.1 Å². The van der Waals surface area contributed by atoms with E-state index in [1.165, 1.54) is 5.56 Å². The lowest BCUT2D eigenvalue weighted by molar-refractivity contribution is -0.116. The molecular formula is C25H26N6O. The molecule has 2 aromatic heterocycles. The normalized spacial score (nSPS) is 10.8. The number of benzene rings is 2. The van der Waals surface area contributed by atoms with E-state index in [1.807, 2.05) is 41.2 Å². The number of aryl methyl sites for hydroxylation is 3. The van der Waals surface area contributed by atoms with Crippen LogP contribution in [0, 0.1) is 0 Å². The van der Waals surface area contributed by atoms with Gasteiger partial charge in [0.2, 0.25) is 5.91 Å². The zero-order valence-electron chi connectivity index (χ0n) is 17.8. The van der Waals surface area contributed by atoms with E-state index in [4.69, 9.17) is 5.73 Å². The van der Waals surface area contributed by atoms with Crippen molar-refractivity contribution in [2.45, 2.75) is 32.2 Å². The summed E-state index contributed by atoms with van der Waals surface area (Å²) in [6.45, 7) is 0.797. The van der Waals surface area contributed by atoms with Crippen LogP contribution in [0.5, 0.6) is 0 Å². The topological polar surface area (TPSA) is 98.7 Å². The van der Waals surface area contributed by atoms with Crippen LogP contribution in [0.4, 0.5) is 11.4 Å². The molecule has 3 N–H and O–H groups in total. The van der Waals surface area contributed by atoms with E-state index in [2.05, 4.69) is 44.9 Å². The van der Waals surface area contributed by atoms with Crippen molar-refractivity contribution in [3.05, 3.63) is 90.5 Å². The van der Waals surface area contributed by atoms with Crippen LogP contribution in [0.15, 0.2) is 79.3 Å². The summed E-state index contributed by atoms with van der Waals surface area (Å²) >= 11 is 0. The van der Waals surface area contributed by atoms with Crippen molar-refractivity contribution in [3.8, 4) is 11.1 Å². The summed E-state index contributed by atoms with van der Waals surface area (Å²) in [7, 11) is 0. The van der Waals surface area contributed by atoms with E-state index in [0.717, 1.165) is 36.2 Å². The molecule has 2 heterocycles. The largest absolute Gasteiger partial charge is 0.397 e. The quantitative estimate of drug-likeness (QED) is 0.392. The fraction of sp³-hybridized carbons (Fsp3) is 0.200. The summed E-state index contributed by atoms with van der Waals surface area (Å²) in [6, 6.07) is 19.8. The molecule has 0 fully saturated rings. The molecular weight excluding hydrogens is 400 g/mol. The Morgan fingerprint density at radius 1 is 1.00 bits per heavy atom. The summed E-state index contributed by atoms with van der Waals surface area (Å²) in [5, 5.41) is 11.3. The second-order valence-corrected chi connectivity index (χ2v) is 7.65. The van der Waals surface area contributed by atoms with Crippen molar-refractivity contribution in [2.75, 3.05) is 11.1 Å². The number of pyridine rings is 1. The van der Waals surface area contributed by atoms with Gasteiger partial charge in [-0.05, 0) is 42.2 Å². The number of nitrogens with zero attached hydrogens (tertiary/aromatic N) is 4. The maximum Gasteiger partial charge on any atom is 0.224 e. The molecule has 0 saturated heterocycles. The number of hydrogen-bond donors (Lipinski definition) is 2. The molecule has 0 radical (unpaired) electrons. The number of carbonyl (C=O) groups excluding carboxylic acids is 1. The van der Waals surface area contributed by atoms with E-state index in [9.17, 15) is 4.79 Å². The second kappa shape index (κ2) is 10.3. The molecule has 4 aromatic rings. The van der Waals surface area contributed by atoms with Gasteiger partial charge in [0.05, 0.1) is 17.1 Å². The van der Waals surface area contributed by atoms with Crippen LogP contribution in [0.1, 0.15) is 24.1 Å². The molecule has 7 heteroatoms. The number of rotatable bonds is 9. The number of carbonyl (C=O) groups is 1. The van der Waals surface area contributed by atoms with Crippen molar-refractivity contribution in [3.63, 3.8) is 0 Å². The predicted molar refractivity (Wildman–Crippen MR) is 126 cm³/mol. The number of amides is 1. The van der Waals surface area contributed by atoms with Gasteiger partial charge in [-0.25, -0.2) is 0 Å². The molecule has 0 aliphatic rings. The number of nitrogens with one attached hydrogen (secondary N) is 1. The molecule has 0 atom stereocenters. The highest BCUT2D eigenvalue weighted by Gasteiger charge is 2.10. The Labute approximate surface area is 187 Å². The molecule has 0 unspecified atom stereocenters. The predicted octanol–water partition coefficient (Wildman–Crippen LogP) is 4.13. The van der Waals surface area contributed by atoms with Gasteiger partial charge in [-0.1, -0.05) is 47.7 Å². The third kappa shape index (κ3) is 5.78. The Morgan fingerprint density at radius 3 is 2.69 bits per heavy atom. The van der Waals surface area contributed by atoms with Gasteiger partial charge in [0.15, 0.2) is 0 Å². The van der Waals surface area contributed by atoms with E-state index in [-0.39, 0.29) is 5.91 Å². The Kier molecular flexibility index (Phi) is 6.87. The van der Waals surface area contributed by atoms with E-state index in [1.54, 1.807) is 18.5 Å². The fourth-order valence-corrected chi connectivity index (χ4v) is 3.48. The van der Waals surface area contributed by atoms with Crippen LogP contribution in [-0.2, 0) is 24.2 Å². The minimum absolute atomic E-state index is 0.112. The number of nitrogens with two attached hydrogens (primary N) is 1. The molecule has 7 nitrogen and oxygen atoms in total. The van der Waals surface area contributed by atoms with Crippen LogP contribution in [0.2, 0.25) is 0 Å². The maximum atomic E-state index is 12.5. The third-order valence-electron chi connectivity index (χ3n) is 5.21. The Balaban J connectivity index is 1.27. The van der Waals surface area contributed by atoms with Crippen LogP contribution in [0.3, 0.4) is 0 Å². The molecule has 2 aromatic carbocycles. The van der Waals surface area contributed by atoms with Gasteiger partial charge < -0.3 is 11.1 Å². The molecule has 32 heavy (non-hydrogen) atoms. The van der Waals surface area contributed by atoms with Crippen molar-refractivity contribution in [1.29, 1.82) is 0 Å². The molecule has 0 aliphatic heterocycles. The first-order valence-electron chi connectivity index (χ1n) is 10.7. The van der Waals surface area contributed by atoms with Gasteiger partial charge in [-0.3, -0.25) is 14.5 Å². The van der Waals surface area contributed by atoms with Crippen LogP contribution >= 0.6 is 0 Å². The van der Waals surface area contributed by atoms with Gasteiger partial charge in [-0.2, -0.15) is 0 Å². The summed E-state index contributed by atoms with van der Waals surface area (Å²) in [4.78, 5) is 16.6. The van der Waals surface area contributed by atoms with Gasteiger partial charge in [0.1, 0.15) is 0 Å². The smallest absolute Gasteiger partial charge is 0.224 e. The molecule has 0 saturated carbocycles. The molecule has 1 amide bonds. The third-order valence-corrected chi connectivity index (χ3v) is 5.21. The first-order valence-corrected chi connectivity index (χ1v) is 10.7. The number of hydrogen-bond acceptors (Lipinski definition) is 5. The lowest BCUT2D eigenvalue weighted by atomic mass is 10.1. The first-order chi connectivity index (χ1) is 15.7. The first kappa shape index (κ1) is 21.2. The Bertz CT molecular complexity index is 1160. The maximum absolute atomic E-state index is 12.5. The average Bonchev–Trinajstić information content (AvgIpc) is 3.28. The van der Waals surface area contributed by atoms with E-state index in [0.29, 0.717) is 24.2 Å². The Morgan fingerprint density at radius 2 is 1.88 bits per heavy atom. The minimum Gasteiger partial charge on any atom is -0.397 e. The number of nitrogen functional groups attached to an aromatic ring is 1. The summed E-state index contributed by atoms with van der Waals surface area (Å²) < 4.78 is 1.84. The van der Waals surface area contributed by atoms with Crippen LogP contribution in [0.25, 0.3) is 11.1 Å². The average molecular weight is 427 g/mol. The molecule has 0 bridgehead atoms. The molecule has 4 rings (SSSR count). The molecule has 0 aliphatic carbocycles. The Hall–Kier alpha value is -4.00. The highest BCUT2D eigenvalue weighted by molar-refractivity contribution is 5.95. The van der Waals surface area contributed by atoms with E-state index >= 15 is 0 Å². The summed E-state index contributed by atoms with van der Waals surface area (Å²) in [5.41, 5.74) is 11.2. The van der Waals surface area contributed by atoms with Crippen molar-refractivity contribution in [1.82, 2.24) is 20.0 Å². The lowest BCUT2D eigenvalue weighted by Gasteiger charge is -2.10. The minimum atomic E-state index is -0.112. The second-order valence-electron chi connectivity index (χ2n) is 7.65. The lowest BCUT2D eigenvalue weighted by Crippen LogP contribution is -2.13. The fourth-order valence-electron chi connectivity index (χ4n) is 3.48. The van der Waals surface area contributed by atoms with Crippen LogP contribution in [-0.4, -0.2) is 25.9 Å². The standard InChI is InChI=1S/C25H26N6O/c26-23-12-10-20(21-9-4-14-27-17-21)16-24(23)28-25(32)13-11-22-18-31(30-29-22)15-5-8-19-6-2-1-3-7-19/h1-4,6-7,9-10,12,14,16-18H,5,8,11,13,15,26H2,(H,28,32). The van der Waals surface area contributed by atoms with Crippen molar-refractivity contribution < 1.29 is 4.79 Å². The summed E-state index contributed by atoms with van der Waals surface area (Å²) in [5.74, 6) is -0.112. The van der Waals surface area contributed by atoms with Crippen molar-refractivity contribution in [2.24, 2.45) is 0 Å². The highest BCUT2D eigenvalue weighted by atomic mass is 16.1. The van der Waals surface area contributed by atoms with Crippen molar-refractivity contribution >= 4 is 17.3 Å². The molecule has 0 spiro atoms.